The van der Waals surface area contributed by atoms with Crippen LogP contribution < -0.4 is 19.1 Å². The molecule has 3 aromatic carbocycles. The Morgan fingerprint density at radius 2 is 1.73 bits per heavy atom. The lowest BCUT2D eigenvalue weighted by Crippen LogP contribution is -2.41. The third-order valence-electron chi connectivity index (χ3n) is 4.97. The number of carbonyl (C=O) groups excluding carboxylic acids is 1. The van der Waals surface area contributed by atoms with Gasteiger partial charge in [0.1, 0.15) is 24.7 Å². The maximum atomic E-state index is 13.3. The highest BCUT2D eigenvalue weighted by atomic mass is 32.2. The molecule has 7 nitrogen and oxygen atoms in total. The number of carbonyl (C=O) groups is 1. The average molecular weight is 469 g/mol. The topological polar surface area (TPSA) is 84.9 Å². The molecular weight excluding hydrogens is 440 g/mol. The van der Waals surface area contributed by atoms with E-state index in [0.717, 1.165) is 21.2 Å². The van der Waals surface area contributed by atoms with Gasteiger partial charge in [-0.1, -0.05) is 42.0 Å². The summed E-state index contributed by atoms with van der Waals surface area (Å²) in [5.74, 6) is 0.795. The number of ether oxygens (including phenoxy) is 2. The Bertz CT molecular complexity index is 1200. The van der Waals surface area contributed by atoms with Crippen LogP contribution in [0.25, 0.3) is 0 Å². The monoisotopic (exact) mass is 468 g/mol. The molecule has 33 heavy (non-hydrogen) atoms. The van der Waals surface area contributed by atoms with Crippen LogP contribution in [0.1, 0.15) is 11.1 Å². The first-order valence-electron chi connectivity index (χ1n) is 10.5. The van der Waals surface area contributed by atoms with E-state index in [0.29, 0.717) is 11.4 Å². The minimum absolute atomic E-state index is 0.0961. The molecule has 1 amide bonds. The molecule has 0 fully saturated rings. The van der Waals surface area contributed by atoms with Gasteiger partial charge in [0.15, 0.2) is 0 Å². The third-order valence-corrected chi connectivity index (χ3v) is 6.76. The zero-order valence-corrected chi connectivity index (χ0v) is 19.8. The number of nitrogens with one attached hydrogen (secondary N) is 1. The van der Waals surface area contributed by atoms with E-state index >= 15 is 0 Å². The molecule has 0 radical (unpaired) electrons. The van der Waals surface area contributed by atoms with Crippen molar-refractivity contribution in [2.45, 2.75) is 18.7 Å². The maximum absolute atomic E-state index is 13.3. The molecular formula is C25H28N2O5S. The summed E-state index contributed by atoms with van der Waals surface area (Å²) >= 11 is 0. The molecule has 0 aliphatic rings. The molecule has 0 saturated heterocycles. The van der Waals surface area contributed by atoms with Crippen LogP contribution in [-0.2, 0) is 14.8 Å². The van der Waals surface area contributed by atoms with E-state index in [9.17, 15) is 13.2 Å². The molecule has 0 aromatic heterocycles. The largest absolute Gasteiger partial charge is 0.497 e. The van der Waals surface area contributed by atoms with E-state index in [2.05, 4.69) is 5.32 Å². The van der Waals surface area contributed by atoms with Crippen LogP contribution in [0.15, 0.2) is 77.7 Å². The van der Waals surface area contributed by atoms with E-state index in [4.69, 9.17) is 9.47 Å². The second-order valence-electron chi connectivity index (χ2n) is 7.49. The molecule has 1 N–H and O–H groups in total. The van der Waals surface area contributed by atoms with Crippen LogP contribution >= 0.6 is 0 Å². The number of nitrogens with zero attached hydrogens (tertiary/aromatic N) is 1. The van der Waals surface area contributed by atoms with Crippen molar-refractivity contribution in [2.24, 2.45) is 0 Å². The van der Waals surface area contributed by atoms with Gasteiger partial charge >= 0.3 is 0 Å². The van der Waals surface area contributed by atoms with Crippen LogP contribution in [0.5, 0.6) is 11.5 Å². The zero-order valence-electron chi connectivity index (χ0n) is 18.9. The Balaban J connectivity index is 1.71. The molecule has 0 aliphatic heterocycles. The average Bonchev–Trinajstić information content (AvgIpc) is 2.82. The summed E-state index contributed by atoms with van der Waals surface area (Å²) in [4.78, 5) is 12.8. The standard InChI is InChI=1S/C25H28N2O5S/c1-19-12-13-24(20(2)16-19)32-15-14-26-25(28)18-27(21-8-7-9-22(17-21)31-3)33(29,30)23-10-5-4-6-11-23/h4-13,16-17H,14-15,18H2,1-3H3,(H,26,28). The Morgan fingerprint density at radius 3 is 2.42 bits per heavy atom. The molecule has 0 aliphatic carbocycles. The lowest BCUT2D eigenvalue weighted by Gasteiger charge is -2.24. The minimum atomic E-state index is -3.97. The van der Waals surface area contributed by atoms with Crippen molar-refractivity contribution >= 4 is 21.6 Å². The van der Waals surface area contributed by atoms with Crippen molar-refractivity contribution in [3.8, 4) is 11.5 Å². The van der Waals surface area contributed by atoms with Gasteiger partial charge in [0.2, 0.25) is 5.91 Å². The number of amides is 1. The van der Waals surface area contributed by atoms with E-state index < -0.39 is 15.9 Å². The number of methoxy groups -OCH3 is 1. The lowest BCUT2D eigenvalue weighted by atomic mass is 10.1. The maximum Gasteiger partial charge on any atom is 0.264 e. The number of aryl methyl sites for hydroxylation is 2. The SMILES string of the molecule is COc1cccc(N(CC(=O)NCCOc2ccc(C)cc2C)S(=O)(=O)c2ccccc2)c1. The van der Waals surface area contributed by atoms with Crippen LogP contribution in [0.3, 0.4) is 0 Å². The predicted octanol–water partition coefficient (Wildman–Crippen LogP) is 3.70. The number of anilines is 1. The van der Waals surface area contributed by atoms with Crippen LogP contribution in [-0.4, -0.2) is 41.1 Å². The van der Waals surface area contributed by atoms with Crippen molar-refractivity contribution in [2.75, 3.05) is 31.1 Å². The fourth-order valence-electron chi connectivity index (χ4n) is 3.30. The minimum Gasteiger partial charge on any atom is -0.497 e. The van der Waals surface area contributed by atoms with Crippen LogP contribution in [0.2, 0.25) is 0 Å². The first kappa shape index (κ1) is 24.1. The molecule has 0 bridgehead atoms. The summed E-state index contributed by atoms with van der Waals surface area (Å²) in [6.07, 6.45) is 0. The summed E-state index contributed by atoms with van der Waals surface area (Å²) < 4.78 is 38.7. The smallest absolute Gasteiger partial charge is 0.264 e. The molecule has 0 unspecified atom stereocenters. The molecule has 0 spiro atoms. The van der Waals surface area contributed by atoms with Crippen LogP contribution in [0.4, 0.5) is 5.69 Å². The normalized spacial score (nSPS) is 11.0. The lowest BCUT2D eigenvalue weighted by molar-refractivity contribution is -0.119. The van der Waals surface area contributed by atoms with Gasteiger partial charge in [0, 0.05) is 6.07 Å². The molecule has 0 heterocycles. The van der Waals surface area contributed by atoms with Gasteiger partial charge < -0.3 is 14.8 Å². The second kappa shape index (κ2) is 10.9. The van der Waals surface area contributed by atoms with Gasteiger partial charge in [-0.25, -0.2) is 8.42 Å². The van der Waals surface area contributed by atoms with Gasteiger partial charge in [0.05, 0.1) is 24.2 Å². The number of hydrogen-bond acceptors (Lipinski definition) is 5. The highest BCUT2D eigenvalue weighted by molar-refractivity contribution is 7.92. The molecule has 3 aromatic rings. The molecule has 174 valence electrons. The molecule has 3 rings (SSSR count). The van der Waals surface area contributed by atoms with Crippen molar-refractivity contribution in [3.05, 3.63) is 83.9 Å². The van der Waals surface area contributed by atoms with Gasteiger partial charge in [-0.3, -0.25) is 9.10 Å². The third kappa shape index (κ3) is 6.26. The Kier molecular flexibility index (Phi) is 7.95. The molecule has 0 atom stereocenters. The van der Waals surface area contributed by atoms with Gasteiger partial charge in [-0.15, -0.1) is 0 Å². The van der Waals surface area contributed by atoms with Crippen molar-refractivity contribution in [1.29, 1.82) is 0 Å². The fourth-order valence-corrected chi connectivity index (χ4v) is 4.73. The Morgan fingerprint density at radius 1 is 0.970 bits per heavy atom. The summed E-state index contributed by atoms with van der Waals surface area (Å²) in [5.41, 5.74) is 2.49. The number of rotatable bonds is 10. The predicted molar refractivity (Wildman–Crippen MR) is 128 cm³/mol. The second-order valence-corrected chi connectivity index (χ2v) is 9.36. The summed E-state index contributed by atoms with van der Waals surface area (Å²) in [6, 6.07) is 20.5. The first-order chi connectivity index (χ1) is 15.8. The van der Waals surface area contributed by atoms with Gasteiger partial charge in [-0.2, -0.15) is 0 Å². The molecule has 8 heteroatoms. The van der Waals surface area contributed by atoms with Crippen molar-refractivity contribution < 1.29 is 22.7 Å². The number of sulfonamides is 1. The highest BCUT2D eigenvalue weighted by Gasteiger charge is 2.27. The van der Waals surface area contributed by atoms with Crippen LogP contribution in [0, 0.1) is 13.8 Å². The van der Waals surface area contributed by atoms with E-state index in [1.54, 1.807) is 42.5 Å². The van der Waals surface area contributed by atoms with Gasteiger partial charge in [0.25, 0.3) is 10.0 Å². The molecule has 0 saturated carbocycles. The number of benzene rings is 3. The van der Waals surface area contributed by atoms with Crippen molar-refractivity contribution in [3.63, 3.8) is 0 Å². The summed E-state index contributed by atoms with van der Waals surface area (Å²) in [5, 5.41) is 2.73. The Hall–Kier alpha value is -3.52. The van der Waals surface area contributed by atoms with Gasteiger partial charge in [-0.05, 0) is 49.7 Å². The first-order valence-corrected chi connectivity index (χ1v) is 11.9. The highest BCUT2D eigenvalue weighted by Crippen LogP contribution is 2.26. The van der Waals surface area contributed by atoms with E-state index in [-0.39, 0.29) is 24.6 Å². The van der Waals surface area contributed by atoms with E-state index in [1.807, 2.05) is 32.0 Å². The van der Waals surface area contributed by atoms with Crippen molar-refractivity contribution in [1.82, 2.24) is 5.32 Å². The van der Waals surface area contributed by atoms with E-state index in [1.165, 1.54) is 19.2 Å². The quantitative estimate of drug-likeness (QED) is 0.459. The summed E-state index contributed by atoms with van der Waals surface area (Å²) in [6.45, 7) is 4.09. The zero-order chi connectivity index (χ0) is 23.8. The number of hydrogen-bond donors (Lipinski definition) is 1. The fraction of sp³-hybridized carbons (Fsp3) is 0.240. The summed E-state index contributed by atoms with van der Waals surface area (Å²) in [7, 11) is -2.47. The Labute approximate surface area is 195 Å².